The molecule has 2 aromatic rings. The predicted molar refractivity (Wildman–Crippen MR) is 111 cm³/mol. The standard InChI is InChI=1S/C25H29NO2/c1-3-5-12-20(4-2)17-28-23(27)24(19-26)18-25(24,21-13-8-6-9-14-21)22-15-10-7-11-16-22/h6-11,13-16,20H,3-5,12,17-18H2,1-2H3. The molecular weight excluding hydrogens is 346 g/mol. The van der Waals surface area contributed by atoms with Crippen molar-refractivity contribution < 1.29 is 9.53 Å². The second-order valence-corrected chi connectivity index (χ2v) is 7.85. The van der Waals surface area contributed by atoms with E-state index < -0.39 is 10.8 Å². The topological polar surface area (TPSA) is 50.1 Å². The fourth-order valence-corrected chi connectivity index (χ4v) is 4.30. The molecule has 0 aromatic heterocycles. The van der Waals surface area contributed by atoms with Gasteiger partial charge >= 0.3 is 5.97 Å². The molecule has 28 heavy (non-hydrogen) atoms. The van der Waals surface area contributed by atoms with Crippen molar-refractivity contribution in [2.24, 2.45) is 11.3 Å². The van der Waals surface area contributed by atoms with Crippen molar-refractivity contribution in [1.82, 2.24) is 0 Å². The van der Waals surface area contributed by atoms with Gasteiger partial charge in [0.1, 0.15) is 0 Å². The van der Waals surface area contributed by atoms with Crippen LogP contribution in [0.5, 0.6) is 0 Å². The zero-order valence-electron chi connectivity index (χ0n) is 16.9. The minimum Gasteiger partial charge on any atom is -0.464 e. The van der Waals surface area contributed by atoms with Crippen molar-refractivity contribution in [3.8, 4) is 6.07 Å². The maximum absolute atomic E-state index is 13.2. The molecule has 2 atom stereocenters. The van der Waals surface area contributed by atoms with Crippen molar-refractivity contribution in [2.45, 2.75) is 51.4 Å². The van der Waals surface area contributed by atoms with Crippen LogP contribution < -0.4 is 0 Å². The molecule has 0 spiro atoms. The minimum absolute atomic E-state index is 0.362. The summed E-state index contributed by atoms with van der Waals surface area (Å²) in [5.41, 5.74) is 0.209. The van der Waals surface area contributed by atoms with Gasteiger partial charge in [0.25, 0.3) is 0 Å². The van der Waals surface area contributed by atoms with Crippen LogP contribution in [0.1, 0.15) is 57.1 Å². The summed E-state index contributed by atoms with van der Waals surface area (Å²) in [6.07, 6.45) is 4.78. The molecule has 146 valence electrons. The van der Waals surface area contributed by atoms with Crippen LogP contribution in [-0.4, -0.2) is 12.6 Å². The van der Waals surface area contributed by atoms with Crippen LogP contribution in [0.4, 0.5) is 0 Å². The molecule has 0 amide bonds. The lowest BCUT2D eigenvalue weighted by molar-refractivity contribution is -0.150. The van der Waals surface area contributed by atoms with Crippen LogP contribution in [0.25, 0.3) is 0 Å². The van der Waals surface area contributed by atoms with Gasteiger partial charge in [-0.1, -0.05) is 93.8 Å². The first-order valence-electron chi connectivity index (χ1n) is 10.3. The summed E-state index contributed by atoms with van der Waals surface area (Å²) in [5, 5.41) is 10.1. The SMILES string of the molecule is CCCCC(CC)COC(=O)C1(C#N)CC1(c1ccccc1)c1ccccc1. The lowest BCUT2D eigenvalue weighted by Gasteiger charge is -2.23. The van der Waals surface area contributed by atoms with Crippen LogP contribution >= 0.6 is 0 Å². The number of benzene rings is 2. The minimum atomic E-state index is -1.15. The smallest absolute Gasteiger partial charge is 0.327 e. The monoisotopic (exact) mass is 375 g/mol. The molecule has 3 heteroatoms. The Kier molecular flexibility index (Phi) is 6.19. The summed E-state index contributed by atoms with van der Waals surface area (Å²) in [6.45, 7) is 4.70. The predicted octanol–water partition coefficient (Wildman–Crippen LogP) is 5.65. The Hall–Kier alpha value is -2.60. The lowest BCUT2D eigenvalue weighted by Crippen LogP contribution is -2.29. The molecule has 1 saturated carbocycles. The molecule has 1 aliphatic rings. The summed E-state index contributed by atoms with van der Waals surface area (Å²) in [7, 11) is 0. The van der Waals surface area contributed by atoms with Gasteiger partial charge in [-0.05, 0) is 29.9 Å². The van der Waals surface area contributed by atoms with Gasteiger partial charge in [0, 0.05) is 0 Å². The number of rotatable bonds is 9. The van der Waals surface area contributed by atoms with E-state index in [1.165, 1.54) is 0 Å². The molecule has 0 saturated heterocycles. The third-order valence-corrected chi connectivity index (χ3v) is 6.20. The summed E-state index contributed by atoms with van der Waals surface area (Å²) in [4.78, 5) is 13.2. The van der Waals surface area contributed by atoms with E-state index in [2.05, 4.69) is 19.9 Å². The molecule has 1 fully saturated rings. The summed E-state index contributed by atoms with van der Waals surface area (Å²) >= 11 is 0. The third-order valence-electron chi connectivity index (χ3n) is 6.20. The summed E-state index contributed by atoms with van der Waals surface area (Å²) in [6, 6.07) is 22.1. The van der Waals surface area contributed by atoms with Gasteiger partial charge < -0.3 is 4.74 Å². The van der Waals surface area contributed by atoms with Gasteiger partial charge in [-0.15, -0.1) is 0 Å². The zero-order valence-corrected chi connectivity index (χ0v) is 16.9. The Morgan fingerprint density at radius 3 is 2.11 bits per heavy atom. The van der Waals surface area contributed by atoms with E-state index in [0.717, 1.165) is 36.8 Å². The van der Waals surface area contributed by atoms with Crippen molar-refractivity contribution in [2.75, 3.05) is 6.61 Å². The molecule has 2 unspecified atom stereocenters. The quantitative estimate of drug-likeness (QED) is 0.532. The Balaban J connectivity index is 1.88. The Labute approximate surface area is 168 Å². The van der Waals surface area contributed by atoms with Crippen LogP contribution in [0.2, 0.25) is 0 Å². The zero-order chi connectivity index (χ0) is 20.0. The molecule has 3 nitrogen and oxygen atoms in total. The molecule has 0 radical (unpaired) electrons. The van der Waals surface area contributed by atoms with Gasteiger partial charge in [-0.3, -0.25) is 4.79 Å². The first-order valence-corrected chi connectivity index (χ1v) is 10.3. The van der Waals surface area contributed by atoms with E-state index >= 15 is 0 Å². The summed E-state index contributed by atoms with van der Waals surface area (Å²) in [5.74, 6) is -0.0149. The molecule has 0 aliphatic heterocycles. The number of carbonyl (C=O) groups is 1. The number of hydrogen-bond donors (Lipinski definition) is 0. The molecular formula is C25H29NO2. The average Bonchev–Trinajstić information content (AvgIpc) is 3.47. The fourth-order valence-electron chi connectivity index (χ4n) is 4.30. The van der Waals surface area contributed by atoms with E-state index in [4.69, 9.17) is 4.74 Å². The number of ether oxygens (including phenoxy) is 1. The van der Waals surface area contributed by atoms with Crippen LogP contribution in [0, 0.1) is 22.7 Å². The lowest BCUT2D eigenvalue weighted by atomic mass is 9.80. The van der Waals surface area contributed by atoms with Crippen molar-refractivity contribution in [3.05, 3.63) is 71.8 Å². The van der Waals surface area contributed by atoms with Crippen molar-refractivity contribution >= 4 is 5.97 Å². The summed E-state index contributed by atoms with van der Waals surface area (Å²) < 4.78 is 5.75. The molecule has 0 bridgehead atoms. The number of unbranched alkanes of at least 4 members (excludes halogenated alkanes) is 1. The van der Waals surface area contributed by atoms with E-state index in [0.29, 0.717) is 18.9 Å². The highest BCUT2D eigenvalue weighted by molar-refractivity contribution is 5.89. The number of hydrogen-bond acceptors (Lipinski definition) is 3. The number of carbonyl (C=O) groups excluding carboxylic acids is 1. The van der Waals surface area contributed by atoms with E-state index in [1.807, 2.05) is 60.7 Å². The molecule has 1 aliphatic carbocycles. The van der Waals surface area contributed by atoms with Crippen molar-refractivity contribution in [1.29, 1.82) is 5.26 Å². The van der Waals surface area contributed by atoms with Crippen LogP contribution in [-0.2, 0) is 14.9 Å². The highest BCUT2D eigenvalue weighted by Crippen LogP contribution is 2.68. The maximum atomic E-state index is 13.2. The van der Waals surface area contributed by atoms with Crippen LogP contribution in [0.15, 0.2) is 60.7 Å². The van der Waals surface area contributed by atoms with Gasteiger partial charge in [0.15, 0.2) is 5.41 Å². The first-order chi connectivity index (χ1) is 13.6. The highest BCUT2D eigenvalue weighted by atomic mass is 16.5. The van der Waals surface area contributed by atoms with Crippen molar-refractivity contribution in [3.63, 3.8) is 0 Å². The number of nitrogens with zero attached hydrogens (tertiary/aromatic N) is 1. The normalized spacial score (nSPS) is 20.8. The Bertz CT molecular complexity index is 785. The second kappa shape index (κ2) is 8.61. The molecule has 3 rings (SSSR count). The van der Waals surface area contributed by atoms with E-state index in [1.54, 1.807) is 0 Å². The number of esters is 1. The van der Waals surface area contributed by atoms with Gasteiger partial charge in [-0.25, -0.2) is 0 Å². The van der Waals surface area contributed by atoms with Crippen LogP contribution in [0.3, 0.4) is 0 Å². The highest BCUT2D eigenvalue weighted by Gasteiger charge is 2.75. The van der Waals surface area contributed by atoms with E-state index in [9.17, 15) is 10.1 Å². The Morgan fingerprint density at radius 1 is 1.07 bits per heavy atom. The molecule has 0 N–H and O–H groups in total. The maximum Gasteiger partial charge on any atom is 0.327 e. The molecule has 2 aromatic carbocycles. The van der Waals surface area contributed by atoms with E-state index in [-0.39, 0.29) is 5.97 Å². The largest absolute Gasteiger partial charge is 0.464 e. The van der Waals surface area contributed by atoms with Gasteiger partial charge in [-0.2, -0.15) is 5.26 Å². The fraction of sp³-hybridized carbons (Fsp3) is 0.440. The first kappa shape index (κ1) is 20.1. The average molecular weight is 376 g/mol. The molecule has 0 heterocycles. The second-order valence-electron chi connectivity index (χ2n) is 7.85. The third kappa shape index (κ3) is 3.44. The number of nitriles is 1. The van der Waals surface area contributed by atoms with Gasteiger partial charge in [0.2, 0.25) is 0 Å². The van der Waals surface area contributed by atoms with Gasteiger partial charge in [0.05, 0.1) is 18.1 Å². The Morgan fingerprint density at radius 2 is 1.64 bits per heavy atom.